The molecule has 2 aliphatic carbocycles. The first-order chi connectivity index (χ1) is 17.6. The van der Waals surface area contributed by atoms with E-state index in [0.717, 1.165) is 50.9 Å². The third kappa shape index (κ3) is 4.10. The first-order valence-corrected chi connectivity index (χ1v) is 13.3. The Labute approximate surface area is 215 Å². The van der Waals surface area contributed by atoms with E-state index in [1.807, 2.05) is 0 Å². The van der Waals surface area contributed by atoms with E-state index in [1.165, 1.54) is 11.1 Å². The van der Waals surface area contributed by atoms with Gasteiger partial charge in [-0.1, -0.05) is 43.3 Å². The van der Waals surface area contributed by atoms with Gasteiger partial charge in [-0.3, -0.25) is 9.69 Å². The van der Waals surface area contributed by atoms with Gasteiger partial charge in [-0.05, 0) is 79.5 Å². The van der Waals surface area contributed by atoms with Crippen molar-refractivity contribution in [1.82, 2.24) is 9.80 Å². The smallest absolute Gasteiger partial charge is 0.338 e. The van der Waals surface area contributed by atoms with Crippen molar-refractivity contribution < 1.29 is 22.4 Å². The number of allylic oxidation sites excluding steroid dienone is 1. The molecule has 37 heavy (non-hydrogen) atoms. The van der Waals surface area contributed by atoms with Crippen LogP contribution in [0, 0.1) is 17.2 Å². The van der Waals surface area contributed by atoms with E-state index in [9.17, 15) is 22.4 Å². The maximum Gasteiger partial charge on any atom is 0.416 e. The van der Waals surface area contributed by atoms with Gasteiger partial charge in [0.1, 0.15) is 5.82 Å². The fourth-order valence-electron chi connectivity index (χ4n) is 7.56. The van der Waals surface area contributed by atoms with Crippen LogP contribution in [0.5, 0.6) is 0 Å². The Morgan fingerprint density at radius 1 is 1.05 bits per heavy atom. The van der Waals surface area contributed by atoms with Gasteiger partial charge >= 0.3 is 6.18 Å². The Balaban J connectivity index is 1.12. The number of hydrogen-bond acceptors (Lipinski definition) is 2. The maximum absolute atomic E-state index is 13.9. The Morgan fingerprint density at radius 3 is 2.65 bits per heavy atom. The molecule has 2 aliphatic heterocycles. The molecule has 7 heteroatoms. The van der Waals surface area contributed by atoms with Gasteiger partial charge in [0, 0.05) is 31.1 Å². The monoisotopic (exact) mass is 512 g/mol. The van der Waals surface area contributed by atoms with Crippen molar-refractivity contribution in [2.24, 2.45) is 11.3 Å². The summed E-state index contributed by atoms with van der Waals surface area (Å²) < 4.78 is 53.3. The average molecular weight is 513 g/mol. The van der Waals surface area contributed by atoms with E-state index in [-0.39, 0.29) is 23.4 Å². The van der Waals surface area contributed by atoms with Gasteiger partial charge in [-0.15, -0.1) is 0 Å². The summed E-state index contributed by atoms with van der Waals surface area (Å²) >= 11 is 0. The Kier molecular flexibility index (Phi) is 5.79. The minimum Gasteiger partial charge on any atom is -0.338 e. The maximum atomic E-state index is 13.9. The van der Waals surface area contributed by atoms with Crippen LogP contribution in [0.2, 0.25) is 0 Å². The predicted molar refractivity (Wildman–Crippen MR) is 134 cm³/mol. The third-order valence-corrected chi connectivity index (χ3v) is 9.58. The van der Waals surface area contributed by atoms with Gasteiger partial charge in [0.15, 0.2) is 0 Å². The summed E-state index contributed by atoms with van der Waals surface area (Å²) in [5, 5.41) is 0. The van der Waals surface area contributed by atoms with Crippen molar-refractivity contribution in [2.45, 2.75) is 63.2 Å². The van der Waals surface area contributed by atoms with Crippen molar-refractivity contribution in [3.8, 4) is 0 Å². The van der Waals surface area contributed by atoms with Crippen molar-refractivity contribution in [2.75, 3.05) is 19.6 Å². The molecular formula is C30H32F4N2O. The summed E-state index contributed by atoms with van der Waals surface area (Å²) in [6.07, 6.45) is 4.38. The zero-order valence-corrected chi connectivity index (χ0v) is 21.0. The molecule has 2 spiro atoms. The zero-order chi connectivity index (χ0) is 26.0. The summed E-state index contributed by atoms with van der Waals surface area (Å²) in [6.45, 7) is 4.83. The molecule has 0 N–H and O–H groups in total. The van der Waals surface area contributed by atoms with Crippen molar-refractivity contribution in [3.63, 3.8) is 0 Å². The highest BCUT2D eigenvalue weighted by Gasteiger charge is 2.53. The third-order valence-electron chi connectivity index (χ3n) is 9.58. The number of carbonyl (C=O) groups excluding carboxylic acids is 1. The fourth-order valence-corrected chi connectivity index (χ4v) is 7.56. The van der Waals surface area contributed by atoms with Crippen LogP contribution in [0.4, 0.5) is 17.6 Å². The standard InChI is InChI=1S/C30H32F4N2O/c1-20-18-35(13-11-29(20)9-6-22-4-2-3-5-26(22)29)25-7-8-28(17-25)10-12-36(27(28)37)19-21-14-23(30(32,33)34)16-24(31)15-21/h2-6,9,14-16,20,25H,7-8,10-13,17-19H2,1H3/t20-,25+,28?,29-/m0/s1. The molecule has 0 aromatic heterocycles. The molecule has 0 bridgehead atoms. The van der Waals surface area contributed by atoms with Crippen LogP contribution in [0.25, 0.3) is 6.08 Å². The molecule has 0 radical (unpaired) electrons. The minimum absolute atomic E-state index is 0.0150. The highest BCUT2D eigenvalue weighted by atomic mass is 19.4. The molecule has 2 aromatic carbocycles. The van der Waals surface area contributed by atoms with E-state index in [4.69, 9.17) is 0 Å². The summed E-state index contributed by atoms with van der Waals surface area (Å²) in [4.78, 5) is 17.7. The van der Waals surface area contributed by atoms with Crippen molar-refractivity contribution in [1.29, 1.82) is 0 Å². The Hall–Kier alpha value is -2.67. The van der Waals surface area contributed by atoms with E-state index < -0.39 is 23.0 Å². The summed E-state index contributed by atoms with van der Waals surface area (Å²) in [7, 11) is 0. The lowest BCUT2D eigenvalue weighted by Crippen LogP contribution is -2.50. The van der Waals surface area contributed by atoms with Gasteiger partial charge < -0.3 is 4.90 Å². The molecule has 6 rings (SSSR count). The largest absolute Gasteiger partial charge is 0.416 e. The number of piperidine rings is 1. The number of benzene rings is 2. The topological polar surface area (TPSA) is 23.6 Å². The first kappa shape index (κ1) is 24.7. The lowest BCUT2D eigenvalue weighted by Gasteiger charge is -2.46. The molecule has 2 aromatic rings. The number of nitrogens with zero attached hydrogens (tertiary/aromatic N) is 2. The van der Waals surface area contributed by atoms with Gasteiger partial charge in [-0.2, -0.15) is 13.2 Å². The highest BCUT2D eigenvalue weighted by molar-refractivity contribution is 5.85. The molecule has 1 amide bonds. The first-order valence-electron chi connectivity index (χ1n) is 13.3. The molecule has 3 fully saturated rings. The van der Waals surface area contributed by atoms with Crippen LogP contribution < -0.4 is 0 Å². The van der Waals surface area contributed by atoms with Crippen molar-refractivity contribution >= 4 is 12.0 Å². The Morgan fingerprint density at radius 2 is 1.86 bits per heavy atom. The van der Waals surface area contributed by atoms with E-state index in [1.54, 1.807) is 4.90 Å². The molecule has 2 saturated heterocycles. The second kappa shape index (κ2) is 8.69. The van der Waals surface area contributed by atoms with Crippen LogP contribution in [0.3, 0.4) is 0 Å². The number of likely N-dealkylation sites (tertiary alicyclic amines) is 2. The van der Waals surface area contributed by atoms with Gasteiger partial charge in [-0.25, -0.2) is 4.39 Å². The van der Waals surface area contributed by atoms with Gasteiger partial charge in [0.2, 0.25) is 5.91 Å². The number of rotatable bonds is 3. The van der Waals surface area contributed by atoms with Crippen LogP contribution in [0.1, 0.15) is 61.3 Å². The lowest BCUT2D eigenvalue weighted by molar-refractivity contribution is -0.137. The number of fused-ring (bicyclic) bond motifs is 2. The number of carbonyl (C=O) groups is 1. The molecule has 1 unspecified atom stereocenters. The molecule has 3 nitrogen and oxygen atoms in total. The number of hydrogen-bond donors (Lipinski definition) is 0. The lowest BCUT2D eigenvalue weighted by atomic mass is 9.67. The van der Waals surface area contributed by atoms with Crippen LogP contribution in [-0.4, -0.2) is 41.4 Å². The normalized spacial score (nSPS) is 31.7. The Bertz CT molecular complexity index is 1260. The minimum atomic E-state index is -4.62. The molecule has 1 saturated carbocycles. The van der Waals surface area contributed by atoms with E-state index in [2.05, 4.69) is 48.2 Å². The number of amides is 1. The number of alkyl halides is 3. The highest BCUT2D eigenvalue weighted by Crippen LogP contribution is 2.51. The molecule has 196 valence electrons. The van der Waals surface area contributed by atoms with Gasteiger partial charge in [0.25, 0.3) is 0 Å². The molecular weight excluding hydrogens is 480 g/mol. The van der Waals surface area contributed by atoms with Crippen molar-refractivity contribution in [3.05, 3.63) is 76.6 Å². The number of halogens is 4. The fraction of sp³-hybridized carbons (Fsp3) is 0.500. The van der Waals surface area contributed by atoms with Crippen LogP contribution in [0.15, 0.2) is 48.5 Å². The molecule has 2 heterocycles. The zero-order valence-electron chi connectivity index (χ0n) is 21.0. The summed E-state index contributed by atoms with van der Waals surface area (Å²) in [5.41, 5.74) is 1.57. The van der Waals surface area contributed by atoms with E-state index >= 15 is 0 Å². The second-order valence-electron chi connectivity index (χ2n) is 11.6. The molecule has 4 atom stereocenters. The van der Waals surface area contributed by atoms with Crippen LogP contribution >= 0.6 is 0 Å². The average Bonchev–Trinajstić information content (AvgIpc) is 3.54. The summed E-state index contributed by atoms with van der Waals surface area (Å²) in [6, 6.07) is 11.6. The SMILES string of the molecule is C[C@H]1CN([C@@H]2CCC3(CCN(Cc4cc(F)cc(C(F)(F)F)c4)C3=O)C2)CC[C@@]12C=Cc1ccccc12. The van der Waals surface area contributed by atoms with E-state index in [0.29, 0.717) is 31.0 Å². The quantitative estimate of drug-likeness (QED) is 0.443. The van der Waals surface area contributed by atoms with Gasteiger partial charge in [0.05, 0.1) is 11.0 Å². The molecule has 4 aliphatic rings. The second-order valence-corrected chi connectivity index (χ2v) is 11.6. The predicted octanol–water partition coefficient (Wildman–Crippen LogP) is 6.42. The summed E-state index contributed by atoms with van der Waals surface area (Å²) in [5.74, 6) is -0.449. The van der Waals surface area contributed by atoms with Crippen LogP contribution in [-0.2, 0) is 22.9 Å².